The molecule has 1 heterocycles. The Hall–Kier alpha value is -1.65. The zero-order chi connectivity index (χ0) is 14.2. The molecule has 0 saturated carbocycles. The first-order valence-electron chi connectivity index (χ1n) is 5.57. The largest absolute Gasteiger partial charge is 0.397 e. The Morgan fingerprint density at radius 2 is 1.95 bits per heavy atom. The van der Waals surface area contributed by atoms with Crippen LogP contribution in [0, 0.1) is 6.92 Å². The summed E-state index contributed by atoms with van der Waals surface area (Å²) in [6, 6.07) is 4.93. The van der Waals surface area contributed by atoms with Gasteiger partial charge in [0.1, 0.15) is 5.69 Å². The van der Waals surface area contributed by atoms with Crippen LogP contribution in [0.1, 0.15) is 16.1 Å². The van der Waals surface area contributed by atoms with Gasteiger partial charge in [-0.1, -0.05) is 23.2 Å². The summed E-state index contributed by atoms with van der Waals surface area (Å²) in [5.74, 6) is -0.291. The van der Waals surface area contributed by atoms with E-state index in [0.29, 0.717) is 27.1 Å². The molecule has 19 heavy (non-hydrogen) atoms. The van der Waals surface area contributed by atoms with Crippen molar-refractivity contribution in [3.05, 3.63) is 45.7 Å². The number of hydrogen-bond acceptors (Lipinski definition) is 2. The number of nitrogens with two attached hydrogens (primary N) is 1. The van der Waals surface area contributed by atoms with Crippen molar-refractivity contribution in [3.63, 3.8) is 0 Å². The minimum absolute atomic E-state index is 0.291. The minimum atomic E-state index is -0.291. The molecule has 1 aromatic heterocycles. The van der Waals surface area contributed by atoms with E-state index in [2.05, 4.69) is 5.32 Å². The van der Waals surface area contributed by atoms with Crippen LogP contribution in [0.4, 0.5) is 11.4 Å². The van der Waals surface area contributed by atoms with Crippen molar-refractivity contribution in [1.29, 1.82) is 0 Å². The molecule has 0 bridgehead atoms. The topological polar surface area (TPSA) is 60.1 Å². The fraction of sp³-hybridized carbons (Fsp3) is 0.154. The molecule has 1 aromatic carbocycles. The monoisotopic (exact) mass is 297 g/mol. The van der Waals surface area contributed by atoms with Gasteiger partial charge in [-0.15, -0.1) is 0 Å². The van der Waals surface area contributed by atoms with Crippen molar-refractivity contribution < 1.29 is 4.79 Å². The maximum atomic E-state index is 12.1. The fourth-order valence-electron chi connectivity index (χ4n) is 1.74. The number of halogens is 2. The molecule has 0 fully saturated rings. The van der Waals surface area contributed by atoms with Gasteiger partial charge in [-0.3, -0.25) is 4.79 Å². The Bertz CT molecular complexity index is 650. The van der Waals surface area contributed by atoms with Crippen LogP contribution in [0.2, 0.25) is 10.0 Å². The van der Waals surface area contributed by atoms with Crippen LogP contribution in [0.5, 0.6) is 0 Å². The number of benzene rings is 1. The fourth-order valence-corrected chi connectivity index (χ4v) is 2.17. The van der Waals surface area contributed by atoms with E-state index in [1.54, 1.807) is 36.0 Å². The molecule has 1 amide bonds. The summed E-state index contributed by atoms with van der Waals surface area (Å²) in [4.78, 5) is 12.1. The van der Waals surface area contributed by atoms with E-state index < -0.39 is 0 Å². The van der Waals surface area contributed by atoms with Crippen molar-refractivity contribution in [3.8, 4) is 0 Å². The van der Waals surface area contributed by atoms with Crippen molar-refractivity contribution in [2.75, 3.05) is 11.1 Å². The number of carbonyl (C=O) groups is 1. The van der Waals surface area contributed by atoms with Crippen LogP contribution in [0.25, 0.3) is 0 Å². The van der Waals surface area contributed by atoms with E-state index in [1.807, 2.05) is 6.92 Å². The first kappa shape index (κ1) is 13.8. The number of hydrogen-bond donors (Lipinski definition) is 2. The van der Waals surface area contributed by atoms with E-state index in [4.69, 9.17) is 28.9 Å². The molecule has 0 aliphatic rings. The molecular weight excluding hydrogens is 285 g/mol. The maximum absolute atomic E-state index is 12.1. The Balaban J connectivity index is 2.29. The minimum Gasteiger partial charge on any atom is -0.397 e. The second-order valence-electron chi connectivity index (χ2n) is 4.30. The highest BCUT2D eigenvalue weighted by Crippen LogP contribution is 2.29. The first-order valence-corrected chi connectivity index (χ1v) is 6.33. The van der Waals surface area contributed by atoms with E-state index in [0.717, 1.165) is 5.56 Å². The Morgan fingerprint density at radius 3 is 2.53 bits per heavy atom. The molecule has 0 atom stereocenters. The third-order valence-electron chi connectivity index (χ3n) is 2.76. The number of anilines is 2. The lowest BCUT2D eigenvalue weighted by Gasteiger charge is -2.09. The number of carbonyl (C=O) groups excluding carboxylic acids is 1. The van der Waals surface area contributed by atoms with E-state index in [1.165, 1.54) is 0 Å². The summed E-state index contributed by atoms with van der Waals surface area (Å²) in [7, 11) is 1.75. The molecule has 0 aliphatic carbocycles. The molecule has 6 heteroatoms. The molecule has 100 valence electrons. The van der Waals surface area contributed by atoms with Crippen LogP contribution < -0.4 is 11.1 Å². The van der Waals surface area contributed by atoms with E-state index >= 15 is 0 Å². The highest BCUT2D eigenvalue weighted by molar-refractivity contribution is 6.36. The summed E-state index contributed by atoms with van der Waals surface area (Å²) < 4.78 is 1.65. The molecule has 4 nitrogen and oxygen atoms in total. The quantitative estimate of drug-likeness (QED) is 0.891. The SMILES string of the molecule is Cc1cc(Cl)c(NC(=O)c2cc(N)cn2C)cc1Cl. The summed E-state index contributed by atoms with van der Waals surface area (Å²) in [6.45, 7) is 1.84. The van der Waals surface area contributed by atoms with Crippen LogP contribution in [0.3, 0.4) is 0 Å². The summed E-state index contributed by atoms with van der Waals surface area (Å²) in [5.41, 5.74) is 7.94. The Kier molecular flexibility index (Phi) is 3.73. The van der Waals surface area contributed by atoms with Crippen LogP contribution in [0.15, 0.2) is 24.4 Å². The number of nitrogen functional groups attached to an aromatic ring is 1. The van der Waals surface area contributed by atoms with Gasteiger partial charge >= 0.3 is 0 Å². The standard InChI is InChI=1S/C13H13Cl2N3O/c1-7-3-10(15)11(5-9(7)14)17-13(19)12-4-8(16)6-18(12)2/h3-6H,16H2,1-2H3,(H,17,19). The van der Waals surface area contributed by atoms with Crippen molar-refractivity contribution in [2.24, 2.45) is 7.05 Å². The Labute approximate surface area is 121 Å². The molecule has 2 aromatic rings. The average molecular weight is 298 g/mol. The second-order valence-corrected chi connectivity index (χ2v) is 5.12. The first-order chi connectivity index (χ1) is 8.88. The molecular formula is C13H13Cl2N3O. The average Bonchev–Trinajstić information content (AvgIpc) is 2.65. The summed E-state index contributed by atoms with van der Waals surface area (Å²) in [5, 5.41) is 3.71. The van der Waals surface area contributed by atoms with Gasteiger partial charge < -0.3 is 15.6 Å². The normalized spacial score (nSPS) is 10.5. The maximum Gasteiger partial charge on any atom is 0.272 e. The molecule has 3 N–H and O–H groups in total. The van der Waals surface area contributed by atoms with Crippen LogP contribution in [-0.2, 0) is 7.05 Å². The number of aromatic nitrogens is 1. The predicted octanol–water partition coefficient (Wildman–Crippen LogP) is 3.47. The number of amides is 1. The third kappa shape index (κ3) is 2.85. The second kappa shape index (κ2) is 5.15. The lowest BCUT2D eigenvalue weighted by Crippen LogP contribution is -2.15. The molecule has 0 aliphatic heterocycles. The number of nitrogens with one attached hydrogen (secondary N) is 1. The number of nitrogens with zero attached hydrogens (tertiary/aromatic N) is 1. The van der Waals surface area contributed by atoms with Crippen LogP contribution >= 0.6 is 23.2 Å². The number of aryl methyl sites for hydroxylation is 2. The summed E-state index contributed by atoms with van der Waals surface area (Å²) in [6.07, 6.45) is 1.67. The zero-order valence-electron chi connectivity index (χ0n) is 10.5. The van der Waals surface area contributed by atoms with Gasteiger partial charge in [0, 0.05) is 18.3 Å². The third-order valence-corrected chi connectivity index (χ3v) is 3.48. The van der Waals surface area contributed by atoms with Gasteiger partial charge in [0.05, 0.1) is 16.4 Å². The molecule has 0 radical (unpaired) electrons. The summed E-state index contributed by atoms with van der Waals surface area (Å²) >= 11 is 12.1. The van der Waals surface area contributed by atoms with Gasteiger partial charge in [0.2, 0.25) is 0 Å². The predicted molar refractivity (Wildman–Crippen MR) is 79.0 cm³/mol. The van der Waals surface area contributed by atoms with Gasteiger partial charge in [-0.05, 0) is 30.7 Å². The van der Waals surface area contributed by atoms with Gasteiger partial charge in [0.25, 0.3) is 5.91 Å². The highest BCUT2D eigenvalue weighted by atomic mass is 35.5. The molecule has 0 saturated heterocycles. The number of rotatable bonds is 2. The molecule has 0 spiro atoms. The van der Waals surface area contributed by atoms with E-state index in [9.17, 15) is 4.79 Å². The Morgan fingerprint density at radius 1 is 1.26 bits per heavy atom. The van der Waals surface area contributed by atoms with Crippen molar-refractivity contribution >= 4 is 40.5 Å². The van der Waals surface area contributed by atoms with Gasteiger partial charge in [-0.25, -0.2) is 0 Å². The lowest BCUT2D eigenvalue weighted by atomic mass is 10.2. The highest BCUT2D eigenvalue weighted by Gasteiger charge is 2.13. The smallest absolute Gasteiger partial charge is 0.272 e. The molecule has 0 unspecified atom stereocenters. The molecule has 2 rings (SSSR count). The van der Waals surface area contributed by atoms with E-state index in [-0.39, 0.29) is 5.91 Å². The van der Waals surface area contributed by atoms with Gasteiger partial charge in [-0.2, -0.15) is 0 Å². The lowest BCUT2D eigenvalue weighted by molar-refractivity contribution is 0.101. The van der Waals surface area contributed by atoms with Crippen molar-refractivity contribution in [2.45, 2.75) is 6.92 Å². The van der Waals surface area contributed by atoms with Crippen molar-refractivity contribution in [1.82, 2.24) is 4.57 Å². The zero-order valence-corrected chi connectivity index (χ0v) is 12.0. The van der Waals surface area contributed by atoms with Gasteiger partial charge in [0.15, 0.2) is 0 Å². The van der Waals surface area contributed by atoms with Crippen LogP contribution in [-0.4, -0.2) is 10.5 Å².